The molecule has 20 heavy (non-hydrogen) atoms. The van der Waals surface area contributed by atoms with Crippen molar-refractivity contribution in [2.45, 2.75) is 4.90 Å². The van der Waals surface area contributed by atoms with Crippen LogP contribution in [0, 0.1) is 0 Å². The molecule has 1 rings (SSSR count). The molecule has 114 valence electrons. The van der Waals surface area contributed by atoms with Gasteiger partial charge >= 0.3 is 0 Å². The van der Waals surface area contributed by atoms with Crippen LogP contribution in [0.15, 0.2) is 4.90 Å². The molecule has 0 aliphatic rings. The summed E-state index contributed by atoms with van der Waals surface area (Å²) in [6.07, 6.45) is 1.08. The maximum atomic E-state index is 11.9. The van der Waals surface area contributed by atoms with Crippen LogP contribution in [-0.4, -0.2) is 54.9 Å². The lowest BCUT2D eigenvalue weighted by atomic mass is 10.3. The van der Waals surface area contributed by atoms with Crippen molar-refractivity contribution in [3.63, 3.8) is 0 Å². The number of amides is 1. The highest BCUT2D eigenvalue weighted by atomic mass is 32.2. The van der Waals surface area contributed by atoms with Crippen LogP contribution in [-0.2, 0) is 14.6 Å². The Hall–Kier alpha value is -1.32. The van der Waals surface area contributed by atoms with E-state index in [1.807, 2.05) is 0 Å². The van der Waals surface area contributed by atoms with Crippen LogP contribution < -0.4 is 16.0 Å². The zero-order valence-corrected chi connectivity index (χ0v) is 13.5. The molecule has 1 aromatic rings. The Morgan fingerprint density at radius 1 is 1.50 bits per heavy atom. The summed E-state index contributed by atoms with van der Waals surface area (Å²) in [4.78, 5) is 13.7. The zero-order valence-electron chi connectivity index (χ0n) is 11.9. The van der Waals surface area contributed by atoms with E-state index in [1.165, 1.54) is 7.05 Å². The lowest BCUT2D eigenvalue weighted by molar-refractivity contribution is 0.0968. The summed E-state index contributed by atoms with van der Waals surface area (Å²) >= 11 is 1.06. The molecule has 0 radical (unpaired) electrons. The predicted molar refractivity (Wildman–Crippen MR) is 80.4 cm³/mol. The van der Waals surface area contributed by atoms with Crippen LogP contribution in [0.3, 0.4) is 0 Å². The molecule has 0 spiro atoms. The molecule has 3 N–H and O–H groups in total. The molecular formula is C11H19N3O4S2. The summed E-state index contributed by atoms with van der Waals surface area (Å²) in [5.74, 6) is -0.399. The van der Waals surface area contributed by atoms with Crippen LogP contribution in [0.25, 0.3) is 0 Å². The molecule has 7 nitrogen and oxygen atoms in total. The number of hydrogen-bond donors (Lipinski definition) is 2. The van der Waals surface area contributed by atoms with E-state index in [9.17, 15) is 13.2 Å². The number of carbonyl (C=O) groups excluding carboxylic acids is 1. The highest BCUT2D eigenvalue weighted by Gasteiger charge is 2.28. The van der Waals surface area contributed by atoms with Crippen LogP contribution in [0.4, 0.5) is 10.7 Å². The number of rotatable bonds is 6. The van der Waals surface area contributed by atoms with Gasteiger partial charge in [0.1, 0.15) is 14.8 Å². The van der Waals surface area contributed by atoms with Crippen molar-refractivity contribution in [1.29, 1.82) is 0 Å². The maximum absolute atomic E-state index is 11.9. The Labute approximate surface area is 122 Å². The Morgan fingerprint density at radius 2 is 2.10 bits per heavy atom. The van der Waals surface area contributed by atoms with Crippen LogP contribution in [0.1, 0.15) is 9.67 Å². The summed E-state index contributed by atoms with van der Waals surface area (Å²) in [5, 5.41) is 2.89. The number of thiophene rings is 1. The van der Waals surface area contributed by atoms with Crippen molar-refractivity contribution in [3.05, 3.63) is 4.88 Å². The summed E-state index contributed by atoms with van der Waals surface area (Å²) in [5.41, 5.74) is 5.84. The van der Waals surface area contributed by atoms with Gasteiger partial charge in [0.2, 0.25) is 0 Å². The van der Waals surface area contributed by atoms with Gasteiger partial charge in [-0.05, 0) is 0 Å². The van der Waals surface area contributed by atoms with Crippen molar-refractivity contribution in [2.75, 3.05) is 51.2 Å². The topological polar surface area (TPSA) is 102 Å². The summed E-state index contributed by atoms with van der Waals surface area (Å²) < 4.78 is 28.8. The molecule has 0 aromatic carbocycles. The molecule has 0 aliphatic carbocycles. The van der Waals surface area contributed by atoms with Crippen molar-refractivity contribution < 1.29 is 17.9 Å². The number of nitrogens with one attached hydrogen (secondary N) is 1. The smallest absolute Gasteiger partial charge is 0.263 e. The minimum Gasteiger partial charge on any atom is -0.396 e. The number of nitrogens with two attached hydrogens (primary N) is 1. The van der Waals surface area contributed by atoms with E-state index < -0.39 is 15.7 Å². The van der Waals surface area contributed by atoms with Gasteiger partial charge in [-0.25, -0.2) is 8.42 Å². The molecule has 0 unspecified atom stereocenters. The molecule has 9 heteroatoms. The van der Waals surface area contributed by atoms with Crippen LogP contribution in [0.2, 0.25) is 0 Å². The summed E-state index contributed by atoms with van der Waals surface area (Å²) in [6.45, 7) is 0.930. The number of hydrogen-bond acceptors (Lipinski definition) is 7. The number of ether oxygens (including phenoxy) is 1. The lowest BCUT2D eigenvalue weighted by Crippen LogP contribution is -2.22. The van der Waals surface area contributed by atoms with E-state index in [2.05, 4.69) is 5.32 Å². The first-order valence-electron chi connectivity index (χ1n) is 5.78. The second-order valence-electron chi connectivity index (χ2n) is 4.24. The molecule has 1 heterocycles. The number of methoxy groups -OCH3 is 1. The van der Waals surface area contributed by atoms with Gasteiger partial charge in [-0.15, -0.1) is 11.3 Å². The minimum atomic E-state index is -3.53. The van der Waals surface area contributed by atoms with Crippen LogP contribution in [0.5, 0.6) is 0 Å². The standard InChI is InChI=1S/C11H19N3O4S2/c1-13-10(15)8-7(12)9(20(4,16)17)11(19-8)14(2)5-6-18-3/h5-6,12H2,1-4H3,(H,13,15). The Morgan fingerprint density at radius 3 is 2.55 bits per heavy atom. The molecular weight excluding hydrogens is 302 g/mol. The fourth-order valence-electron chi connectivity index (χ4n) is 1.64. The van der Waals surface area contributed by atoms with Crippen molar-refractivity contribution >= 4 is 37.8 Å². The van der Waals surface area contributed by atoms with E-state index >= 15 is 0 Å². The average molecular weight is 321 g/mol. The monoisotopic (exact) mass is 321 g/mol. The highest BCUT2D eigenvalue weighted by Crippen LogP contribution is 2.40. The van der Waals surface area contributed by atoms with Gasteiger partial charge in [0.25, 0.3) is 5.91 Å². The fourth-order valence-corrected chi connectivity index (χ4v) is 4.31. The Balaban J connectivity index is 3.39. The first kappa shape index (κ1) is 16.7. The third-order valence-electron chi connectivity index (χ3n) is 2.66. The van der Waals surface area contributed by atoms with Crippen molar-refractivity contribution in [2.24, 2.45) is 0 Å². The van der Waals surface area contributed by atoms with Crippen molar-refractivity contribution in [3.8, 4) is 0 Å². The minimum absolute atomic E-state index is 0.000275. The first-order chi connectivity index (χ1) is 9.23. The normalized spacial score (nSPS) is 11.4. The fraction of sp³-hybridized carbons (Fsp3) is 0.545. The predicted octanol–water partition coefficient (Wildman–Crippen LogP) is 0.176. The van der Waals surface area contributed by atoms with Gasteiger partial charge < -0.3 is 20.7 Å². The number of sulfone groups is 1. The molecule has 0 aliphatic heterocycles. The Kier molecular flexibility index (Phi) is 5.37. The molecule has 0 saturated carbocycles. The van der Waals surface area contributed by atoms with E-state index in [-0.39, 0.29) is 15.5 Å². The number of likely N-dealkylation sites (N-methyl/N-ethyl adjacent to an activating group) is 1. The van der Waals surface area contributed by atoms with E-state index in [0.717, 1.165) is 17.6 Å². The SMILES string of the molecule is CNC(=O)c1sc(N(C)CCOC)c(S(C)(=O)=O)c1N. The molecule has 0 bridgehead atoms. The first-order valence-corrected chi connectivity index (χ1v) is 8.49. The number of nitrogens with zero attached hydrogens (tertiary/aromatic N) is 1. The Bertz CT molecular complexity index is 595. The maximum Gasteiger partial charge on any atom is 0.263 e. The van der Waals surface area contributed by atoms with Gasteiger partial charge in [0.15, 0.2) is 9.84 Å². The summed E-state index contributed by atoms with van der Waals surface area (Å²) in [7, 11) is 1.22. The zero-order chi connectivity index (χ0) is 15.5. The van der Waals surface area contributed by atoms with Gasteiger partial charge in [0.05, 0.1) is 12.3 Å². The van der Waals surface area contributed by atoms with Gasteiger partial charge in [-0.2, -0.15) is 0 Å². The second-order valence-corrected chi connectivity index (χ2v) is 7.20. The molecule has 1 aromatic heterocycles. The van der Waals surface area contributed by atoms with Gasteiger partial charge in [-0.1, -0.05) is 0 Å². The number of carbonyl (C=O) groups is 1. The third kappa shape index (κ3) is 3.41. The molecule has 1 amide bonds. The molecule has 0 fully saturated rings. The third-order valence-corrected chi connectivity index (χ3v) is 5.27. The highest BCUT2D eigenvalue weighted by molar-refractivity contribution is 7.91. The summed E-state index contributed by atoms with van der Waals surface area (Å²) in [6, 6.07) is 0. The molecule has 0 atom stereocenters. The average Bonchev–Trinajstić information content (AvgIpc) is 2.72. The molecule has 0 saturated heterocycles. The van der Waals surface area contributed by atoms with E-state index in [0.29, 0.717) is 18.2 Å². The number of anilines is 2. The lowest BCUT2D eigenvalue weighted by Gasteiger charge is -2.18. The van der Waals surface area contributed by atoms with Gasteiger partial charge in [0, 0.05) is 34.0 Å². The second kappa shape index (κ2) is 6.42. The van der Waals surface area contributed by atoms with Crippen molar-refractivity contribution in [1.82, 2.24) is 5.32 Å². The van der Waals surface area contributed by atoms with Crippen LogP contribution >= 0.6 is 11.3 Å². The number of nitrogen functional groups attached to an aromatic ring is 1. The largest absolute Gasteiger partial charge is 0.396 e. The van der Waals surface area contributed by atoms with E-state index in [4.69, 9.17) is 10.5 Å². The quantitative estimate of drug-likeness (QED) is 0.775. The van der Waals surface area contributed by atoms with E-state index in [1.54, 1.807) is 19.1 Å². The van der Waals surface area contributed by atoms with Gasteiger partial charge in [-0.3, -0.25) is 4.79 Å².